The molecule has 0 aromatic carbocycles. The first kappa shape index (κ1) is 11.5. The number of nitrogens with one attached hydrogen (secondary N) is 1. The Bertz CT molecular complexity index is 261. The van der Waals surface area contributed by atoms with Gasteiger partial charge in [-0.3, -0.25) is 0 Å². The van der Waals surface area contributed by atoms with Crippen molar-refractivity contribution in [3.63, 3.8) is 0 Å². The molecule has 0 saturated carbocycles. The number of hydrogen-bond acceptors (Lipinski definition) is 3. The summed E-state index contributed by atoms with van der Waals surface area (Å²) in [5.41, 5.74) is 0. The Labute approximate surface area is 89.7 Å². The Morgan fingerprint density at radius 3 is 3.00 bits per heavy atom. The van der Waals surface area contributed by atoms with Gasteiger partial charge in [0.1, 0.15) is 12.2 Å². The molecule has 1 rings (SSSR count). The Kier molecular flexibility index (Phi) is 4.90. The van der Waals surface area contributed by atoms with E-state index in [4.69, 9.17) is 11.6 Å². The van der Waals surface area contributed by atoms with Crippen LogP contribution in [-0.2, 0) is 13.1 Å². The highest BCUT2D eigenvalue weighted by atomic mass is 35.5. The molecule has 0 aliphatic carbocycles. The third kappa shape index (κ3) is 3.27. The lowest BCUT2D eigenvalue weighted by Crippen LogP contribution is -2.24. The average molecular weight is 217 g/mol. The molecule has 0 saturated heterocycles. The van der Waals surface area contributed by atoms with Crippen LogP contribution in [0.5, 0.6) is 0 Å². The third-order valence-corrected chi connectivity index (χ3v) is 2.55. The van der Waals surface area contributed by atoms with Crippen LogP contribution in [0.1, 0.15) is 26.1 Å². The molecule has 1 atom stereocenters. The predicted octanol–water partition coefficient (Wildman–Crippen LogP) is 1.40. The van der Waals surface area contributed by atoms with Crippen LogP contribution in [-0.4, -0.2) is 26.7 Å². The van der Waals surface area contributed by atoms with Crippen molar-refractivity contribution < 1.29 is 0 Å². The Morgan fingerprint density at radius 2 is 2.36 bits per heavy atom. The number of alkyl halides is 1. The molecule has 5 heteroatoms. The van der Waals surface area contributed by atoms with Crippen LogP contribution in [0, 0.1) is 0 Å². The molecular formula is C9H17ClN4. The van der Waals surface area contributed by atoms with Gasteiger partial charge in [0.2, 0.25) is 0 Å². The van der Waals surface area contributed by atoms with E-state index in [-0.39, 0.29) is 5.38 Å². The van der Waals surface area contributed by atoms with Crippen molar-refractivity contribution in [3.05, 3.63) is 12.2 Å². The molecular weight excluding hydrogens is 200 g/mol. The highest BCUT2D eigenvalue weighted by Crippen LogP contribution is 1.99. The van der Waals surface area contributed by atoms with Gasteiger partial charge in [-0.1, -0.05) is 6.92 Å². The molecule has 1 heterocycles. The maximum Gasteiger partial charge on any atom is 0.140 e. The minimum Gasteiger partial charge on any atom is -0.308 e. The monoisotopic (exact) mass is 216 g/mol. The van der Waals surface area contributed by atoms with E-state index in [0.717, 1.165) is 31.9 Å². The zero-order valence-corrected chi connectivity index (χ0v) is 9.46. The van der Waals surface area contributed by atoms with Crippen LogP contribution >= 0.6 is 11.6 Å². The van der Waals surface area contributed by atoms with Crippen LogP contribution < -0.4 is 5.32 Å². The summed E-state index contributed by atoms with van der Waals surface area (Å²) in [4.78, 5) is 4.16. The molecule has 0 aliphatic heterocycles. The van der Waals surface area contributed by atoms with Gasteiger partial charge in [0.05, 0.1) is 6.54 Å². The molecule has 0 spiro atoms. The highest BCUT2D eigenvalue weighted by Gasteiger charge is 2.03. The number of nitrogens with zero attached hydrogens (tertiary/aromatic N) is 3. The van der Waals surface area contributed by atoms with Crippen molar-refractivity contribution in [3.8, 4) is 0 Å². The molecule has 0 fully saturated rings. The number of halogens is 1. The van der Waals surface area contributed by atoms with E-state index in [1.165, 1.54) is 0 Å². The second-order valence-electron chi connectivity index (χ2n) is 3.13. The van der Waals surface area contributed by atoms with Gasteiger partial charge < -0.3 is 5.32 Å². The molecule has 1 aromatic rings. The van der Waals surface area contributed by atoms with E-state index in [9.17, 15) is 0 Å². The van der Waals surface area contributed by atoms with Gasteiger partial charge in [-0.15, -0.1) is 11.6 Å². The first-order valence-electron chi connectivity index (χ1n) is 4.99. The summed E-state index contributed by atoms with van der Waals surface area (Å²) in [5.74, 6) is 0.965. The molecule has 4 nitrogen and oxygen atoms in total. The van der Waals surface area contributed by atoms with E-state index in [1.54, 1.807) is 6.33 Å². The largest absolute Gasteiger partial charge is 0.308 e. The quantitative estimate of drug-likeness (QED) is 0.732. The van der Waals surface area contributed by atoms with Gasteiger partial charge >= 0.3 is 0 Å². The van der Waals surface area contributed by atoms with Gasteiger partial charge in [-0.05, 0) is 13.3 Å². The van der Waals surface area contributed by atoms with Crippen molar-refractivity contribution >= 4 is 11.6 Å². The van der Waals surface area contributed by atoms with Crippen molar-refractivity contribution in [2.24, 2.45) is 0 Å². The SMILES string of the molecule is CCC(Cl)CNCc1ncnn1CC. The van der Waals surface area contributed by atoms with E-state index < -0.39 is 0 Å². The zero-order valence-electron chi connectivity index (χ0n) is 8.70. The minimum absolute atomic E-state index is 0.202. The topological polar surface area (TPSA) is 42.7 Å². The summed E-state index contributed by atoms with van der Waals surface area (Å²) < 4.78 is 1.88. The van der Waals surface area contributed by atoms with Gasteiger partial charge in [-0.2, -0.15) is 5.10 Å². The Morgan fingerprint density at radius 1 is 1.57 bits per heavy atom. The van der Waals surface area contributed by atoms with Crippen LogP contribution in [0.3, 0.4) is 0 Å². The van der Waals surface area contributed by atoms with Crippen molar-refractivity contribution in [2.45, 2.75) is 38.7 Å². The lowest BCUT2D eigenvalue weighted by atomic mass is 10.3. The maximum absolute atomic E-state index is 5.97. The molecule has 0 radical (unpaired) electrons. The zero-order chi connectivity index (χ0) is 10.4. The average Bonchev–Trinajstić information content (AvgIpc) is 2.65. The van der Waals surface area contributed by atoms with E-state index in [1.807, 2.05) is 4.68 Å². The molecule has 0 aliphatic rings. The lowest BCUT2D eigenvalue weighted by Gasteiger charge is -2.08. The first-order chi connectivity index (χ1) is 6.77. The fourth-order valence-electron chi connectivity index (χ4n) is 1.17. The highest BCUT2D eigenvalue weighted by molar-refractivity contribution is 6.20. The predicted molar refractivity (Wildman–Crippen MR) is 57.3 cm³/mol. The maximum atomic E-state index is 5.97. The number of hydrogen-bond donors (Lipinski definition) is 1. The van der Waals surface area contributed by atoms with E-state index in [0.29, 0.717) is 0 Å². The third-order valence-electron chi connectivity index (χ3n) is 2.09. The summed E-state index contributed by atoms with van der Waals surface area (Å²) in [6.07, 6.45) is 2.56. The number of rotatable bonds is 6. The van der Waals surface area contributed by atoms with E-state index >= 15 is 0 Å². The molecule has 14 heavy (non-hydrogen) atoms. The second kappa shape index (κ2) is 5.98. The summed E-state index contributed by atoms with van der Waals surface area (Å²) >= 11 is 5.97. The molecule has 1 N–H and O–H groups in total. The Balaban J connectivity index is 2.31. The summed E-state index contributed by atoms with van der Waals surface area (Å²) in [6, 6.07) is 0. The van der Waals surface area contributed by atoms with E-state index in [2.05, 4.69) is 29.2 Å². The summed E-state index contributed by atoms with van der Waals surface area (Å²) in [7, 11) is 0. The van der Waals surface area contributed by atoms with Crippen molar-refractivity contribution in [2.75, 3.05) is 6.54 Å². The fraction of sp³-hybridized carbons (Fsp3) is 0.778. The van der Waals surface area contributed by atoms with Crippen LogP contribution in [0.2, 0.25) is 0 Å². The summed E-state index contributed by atoms with van der Waals surface area (Å²) in [6.45, 7) is 6.53. The molecule has 1 aromatic heterocycles. The van der Waals surface area contributed by atoms with Gasteiger partial charge in [0.25, 0.3) is 0 Å². The minimum atomic E-state index is 0.202. The van der Waals surface area contributed by atoms with Gasteiger partial charge in [0, 0.05) is 18.5 Å². The van der Waals surface area contributed by atoms with Crippen LogP contribution in [0.25, 0.3) is 0 Å². The van der Waals surface area contributed by atoms with Crippen molar-refractivity contribution in [1.82, 2.24) is 20.1 Å². The molecule has 0 bridgehead atoms. The van der Waals surface area contributed by atoms with Crippen molar-refractivity contribution in [1.29, 1.82) is 0 Å². The molecule has 1 unspecified atom stereocenters. The van der Waals surface area contributed by atoms with Gasteiger partial charge in [0.15, 0.2) is 0 Å². The number of aryl methyl sites for hydroxylation is 1. The number of aromatic nitrogens is 3. The summed E-state index contributed by atoms with van der Waals surface area (Å²) in [5, 5.41) is 7.54. The molecule has 0 amide bonds. The standard InChI is InChI=1S/C9H17ClN4/c1-3-8(10)5-11-6-9-12-7-13-14(9)4-2/h7-8,11H,3-6H2,1-2H3. The normalized spacial score (nSPS) is 13.1. The first-order valence-corrected chi connectivity index (χ1v) is 5.43. The van der Waals surface area contributed by atoms with Crippen LogP contribution in [0.15, 0.2) is 6.33 Å². The second-order valence-corrected chi connectivity index (χ2v) is 3.75. The molecule has 80 valence electrons. The Hall–Kier alpha value is -0.610. The fourth-order valence-corrected chi connectivity index (χ4v) is 1.28. The van der Waals surface area contributed by atoms with Gasteiger partial charge in [-0.25, -0.2) is 9.67 Å². The lowest BCUT2D eigenvalue weighted by molar-refractivity contribution is 0.564. The smallest absolute Gasteiger partial charge is 0.140 e. The van der Waals surface area contributed by atoms with Crippen LogP contribution in [0.4, 0.5) is 0 Å².